The van der Waals surface area contributed by atoms with E-state index in [-0.39, 0.29) is 17.7 Å². The highest BCUT2D eigenvalue weighted by Crippen LogP contribution is 2.22. The van der Waals surface area contributed by atoms with Crippen molar-refractivity contribution >= 4 is 11.8 Å². The lowest BCUT2D eigenvalue weighted by molar-refractivity contribution is -0.136. The van der Waals surface area contributed by atoms with E-state index in [1.54, 1.807) is 19.1 Å². The summed E-state index contributed by atoms with van der Waals surface area (Å²) in [7, 11) is 3.42. The van der Waals surface area contributed by atoms with Crippen molar-refractivity contribution in [3.8, 4) is 5.75 Å². The molecule has 0 saturated carbocycles. The Morgan fingerprint density at radius 2 is 2.24 bits per heavy atom. The molecule has 0 aromatic heterocycles. The summed E-state index contributed by atoms with van der Waals surface area (Å²) in [5.41, 5.74) is 2.13. The normalized spacial score (nSPS) is 18.0. The second-order valence-corrected chi connectivity index (χ2v) is 5.55. The van der Waals surface area contributed by atoms with E-state index in [1.807, 2.05) is 25.1 Å². The number of nitrogens with one attached hydrogen (secondary N) is 1. The number of methoxy groups -OCH3 is 1. The number of rotatable bonds is 4. The molecule has 2 rings (SSSR count). The van der Waals surface area contributed by atoms with Crippen molar-refractivity contribution < 1.29 is 14.3 Å². The quantitative estimate of drug-likeness (QED) is 0.914. The van der Waals surface area contributed by atoms with Crippen LogP contribution in [0.5, 0.6) is 5.75 Å². The number of hydrogen-bond acceptors (Lipinski definition) is 3. The fraction of sp³-hybridized carbons (Fsp3) is 0.500. The third-order valence-electron chi connectivity index (χ3n) is 3.83. The Hall–Kier alpha value is -2.04. The van der Waals surface area contributed by atoms with Crippen molar-refractivity contribution in [2.24, 2.45) is 5.92 Å². The van der Waals surface area contributed by atoms with Crippen LogP contribution in [0.1, 0.15) is 24.0 Å². The fourth-order valence-electron chi connectivity index (χ4n) is 2.62. The standard InChI is InChI=1S/C16H22N2O3/c1-11-4-6-14(21-3)13(8-11)10-18(2)16(20)12-5-7-15(19)17-9-12/h4,6,8,12H,5,7,9-10H2,1-3H3,(H,17,19). The molecule has 1 aromatic rings. The van der Waals surface area contributed by atoms with Gasteiger partial charge in [-0.25, -0.2) is 0 Å². The number of aryl methyl sites for hydroxylation is 1. The maximum Gasteiger partial charge on any atom is 0.227 e. The Morgan fingerprint density at radius 1 is 1.48 bits per heavy atom. The summed E-state index contributed by atoms with van der Waals surface area (Å²) in [6, 6.07) is 5.94. The number of piperidine rings is 1. The maximum atomic E-state index is 12.4. The van der Waals surface area contributed by atoms with Crippen LogP contribution < -0.4 is 10.1 Å². The Morgan fingerprint density at radius 3 is 2.86 bits per heavy atom. The molecular formula is C16H22N2O3. The van der Waals surface area contributed by atoms with Crippen LogP contribution in [0.25, 0.3) is 0 Å². The molecule has 1 heterocycles. The van der Waals surface area contributed by atoms with Gasteiger partial charge in [0.2, 0.25) is 11.8 Å². The van der Waals surface area contributed by atoms with Crippen LogP contribution in [-0.4, -0.2) is 37.4 Å². The number of hydrogen-bond donors (Lipinski definition) is 1. The monoisotopic (exact) mass is 290 g/mol. The van der Waals surface area contributed by atoms with E-state index >= 15 is 0 Å². The lowest BCUT2D eigenvalue weighted by atomic mass is 9.97. The van der Waals surface area contributed by atoms with E-state index in [0.717, 1.165) is 16.9 Å². The van der Waals surface area contributed by atoms with Gasteiger partial charge in [-0.15, -0.1) is 0 Å². The number of ether oxygens (including phenoxy) is 1. The highest BCUT2D eigenvalue weighted by Gasteiger charge is 2.27. The number of carbonyl (C=O) groups is 2. The Balaban J connectivity index is 2.03. The highest BCUT2D eigenvalue weighted by atomic mass is 16.5. The molecule has 1 unspecified atom stereocenters. The zero-order valence-electron chi connectivity index (χ0n) is 12.8. The first-order valence-corrected chi connectivity index (χ1v) is 7.16. The van der Waals surface area contributed by atoms with Crippen LogP contribution in [0, 0.1) is 12.8 Å². The minimum Gasteiger partial charge on any atom is -0.496 e. The zero-order chi connectivity index (χ0) is 15.4. The first kappa shape index (κ1) is 15.4. The molecule has 0 aliphatic carbocycles. The van der Waals surface area contributed by atoms with Gasteiger partial charge in [0.25, 0.3) is 0 Å². The molecule has 0 bridgehead atoms. The molecule has 1 atom stereocenters. The van der Waals surface area contributed by atoms with Gasteiger partial charge in [-0.2, -0.15) is 0 Å². The molecule has 1 fully saturated rings. The smallest absolute Gasteiger partial charge is 0.227 e. The first-order valence-electron chi connectivity index (χ1n) is 7.16. The molecule has 2 amide bonds. The van der Waals surface area contributed by atoms with E-state index in [0.29, 0.717) is 25.9 Å². The zero-order valence-corrected chi connectivity index (χ0v) is 12.8. The van der Waals surface area contributed by atoms with Crippen molar-refractivity contribution in [3.63, 3.8) is 0 Å². The maximum absolute atomic E-state index is 12.4. The van der Waals surface area contributed by atoms with Gasteiger partial charge in [0, 0.05) is 32.1 Å². The molecule has 5 heteroatoms. The number of amides is 2. The molecule has 5 nitrogen and oxygen atoms in total. The van der Waals surface area contributed by atoms with Gasteiger partial charge in [0.05, 0.1) is 13.0 Å². The van der Waals surface area contributed by atoms with Gasteiger partial charge in [-0.1, -0.05) is 17.7 Å². The van der Waals surface area contributed by atoms with E-state index in [2.05, 4.69) is 5.32 Å². The lowest BCUT2D eigenvalue weighted by Gasteiger charge is -2.27. The summed E-state index contributed by atoms with van der Waals surface area (Å²) in [6.07, 6.45) is 1.05. The molecule has 1 aliphatic heterocycles. The minimum absolute atomic E-state index is 0.0297. The van der Waals surface area contributed by atoms with Crippen LogP contribution in [0.2, 0.25) is 0 Å². The Kier molecular flexibility index (Phi) is 4.83. The lowest BCUT2D eigenvalue weighted by Crippen LogP contribution is -2.43. The summed E-state index contributed by atoms with van der Waals surface area (Å²) in [6.45, 7) is 2.96. The van der Waals surface area contributed by atoms with E-state index in [9.17, 15) is 9.59 Å². The molecule has 21 heavy (non-hydrogen) atoms. The second-order valence-electron chi connectivity index (χ2n) is 5.55. The molecule has 1 saturated heterocycles. The average molecular weight is 290 g/mol. The summed E-state index contributed by atoms with van der Waals surface area (Å²) in [4.78, 5) is 25.3. The molecule has 114 valence electrons. The Labute approximate surface area is 125 Å². The SMILES string of the molecule is COc1ccc(C)cc1CN(C)C(=O)C1CCC(=O)NC1. The first-order chi connectivity index (χ1) is 10.0. The topological polar surface area (TPSA) is 58.6 Å². The van der Waals surface area contributed by atoms with Crippen molar-refractivity contribution in [2.75, 3.05) is 20.7 Å². The number of carbonyl (C=O) groups excluding carboxylic acids is 2. The van der Waals surface area contributed by atoms with Gasteiger partial charge in [-0.3, -0.25) is 9.59 Å². The molecule has 1 aromatic carbocycles. The van der Waals surface area contributed by atoms with Gasteiger partial charge >= 0.3 is 0 Å². The molecular weight excluding hydrogens is 268 g/mol. The predicted octanol–water partition coefficient (Wildman–Crippen LogP) is 1.49. The van der Waals surface area contributed by atoms with Gasteiger partial charge < -0.3 is 15.0 Å². The molecule has 0 spiro atoms. The van der Waals surface area contributed by atoms with Crippen LogP contribution in [0.15, 0.2) is 18.2 Å². The van der Waals surface area contributed by atoms with Crippen LogP contribution in [-0.2, 0) is 16.1 Å². The van der Waals surface area contributed by atoms with E-state index in [4.69, 9.17) is 4.74 Å². The van der Waals surface area contributed by atoms with Crippen molar-refractivity contribution in [3.05, 3.63) is 29.3 Å². The van der Waals surface area contributed by atoms with Crippen molar-refractivity contribution in [1.82, 2.24) is 10.2 Å². The van der Waals surface area contributed by atoms with Crippen LogP contribution in [0.4, 0.5) is 0 Å². The average Bonchev–Trinajstić information content (AvgIpc) is 2.47. The van der Waals surface area contributed by atoms with Crippen molar-refractivity contribution in [2.45, 2.75) is 26.3 Å². The minimum atomic E-state index is -0.122. The van der Waals surface area contributed by atoms with Gasteiger partial charge in [-0.05, 0) is 19.4 Å². The second kappa shape index (κ2) is 6.61. The van der Waals surface area contributed by atoms with Gasteiger partial charge in [0.15, 0.2) is 0 Å². The fourth-order valence-corrected chi connectivity index (χ4v) is 2.62. The third-order valence-corrected chi connectivity index (χ3v) is 3.83. The third kappa shape index (κ3) is 3.74. The predicted molar refractivity (Wildman–Crippen MR) is 79.9 cm³/mol. The molecule has 1 aliphatic rings. The molecule has 1 N–H and O–H groups in total. The van der Waals surface area contributed by atoms with Crippen LogP contribution in [0.3, 0.4) is 0 Å². The summed E-state index contributed by atoms with van der Waals surface area (Å²) < 4.78 is 5.35. The van der Waals surface area contributed by atoms with E-state index in [1.165, 1.54) is 0 Å². The number of nitrogens with zero attached hydrogens (tertiary/aromatic N) is 1. The molecule has 0 radical (unpaired) electrons. The van der Waals surface area contributed by atoms with Crippen LogP contribution >= 0.6 is 0 Å². The summed E-state index contributed by atoms with van der Waals surface area (Å²) in [5, 5.41) is 2.75. The Bertz CT molecular complexity index is 532. The van der Waals surface area contributed by atoms with Crippen molar-refractivity contribution in [1.29, 1.82) is 0 Å². The highest BCUT2D eigenvalue weighted by molar-refractivity contribution is 5.83. The van der Waals surface area contributed by atoms with Gasteiger partial charge in [0.1, 0.15) is 5.75 Å². The van der Waals surface area contributed by atoms with E-state index < -0.39 is 0 Å². The summed E-state index contributed by atoms with van der Waals surface area (Å²) in [5.74, 6) is 0.765. The summed E-state index contributed by atoms with van der Waals surface area (Å²) >= 11 is 0. The largest absolute Gasteiger partial charge is 0.496 e. The number of benzene rings is 1.